The van der Waals surface area contributed by atoms with E-state index >= 15 is 0 Å². The predicted molar refractivity (Wildman–Crippen MR) is 114 cm³/mol. The Balaban J connectivity index is 1.55. The minimum absolute atomic E-state index is 0.0260. The fraction of sp³-hybridized carbons (Fsp3) is 0. The molecule has 0 spiro atoms. The molecule has 0 bridgehead atoms. The molecule has 0 aliphatic carbocycles. The lowest BCUT2D eigenvalue weighted by atomic mass is 10.2. The molecule has 8 nitrogen and oxygen atoms in total. The van der Waals surface area contributed by atoms with Gasteiger partial charge in [-0.25, -0.2) is 0 Å². The molecule has 5 aromatic rings. The van der Waals surface area contributed by atoms with E-state index in [0.29, 0.717) is 15.3 Å². The molecule has 0 atom stereocenters. The fourth-order valence-electron chi connectivity index (χ4n) is 3.16. The van der Waals surface area contributed by atoms with Crippen molar-refractivity contribution in [3.63, 3.8) is 0 Å². The quantitative estimate of drug-likeness (QED) is 0.332. The molecule has 146 valence electrons. The third kappa shape index (κ3) is 3.07. The number of nitrogens with zero attached hydrogens (tertiary/aromatic N) is 5. The number of thiazole rings is 1. The first-order valence-electron chi connectivity index (χ1n) is 8.99. The lowest BCUT2D eigenvalue weighted by molar-refractivity contribution is -0.384. The summed E-state index contributed by atoms with van der Waals surface area (Å²) < 4.78 is 3.68. The van der Waals surface area contributed by atoms with Gasteiger partial charge in [-0.3, -0.25) is 14.9 Å². The topological polar surface area (TPSA) is 95.3 Å². The molecule has 0 fully saturated rings. The van der Waals surface area contributed by atoms with E-state index in [2.05, 4.69) is 10.1 Å². The second-order valence-electron chi connectivity index (χ2n) is 6.49. The summed E-state index contributed by atoms with van der Waals surface area (Å²) in [5, 5.41) is 15.2. The molecule has 0 aliphatic rings. The number of hydrogen-bond donors (Lipinski definition) is 0. The van der Waals surface area contributed by atoms with Gasteiger partial charge in [-0.1, -0.05) is 41.7 Å². The van der Waals surface area contributed by atoms with Crippen molar-refractivity contribution in [3.8, 4) is 17.1 Å². The number of benzene rings is 2. The molecule has 0 saturated heterocycles. The third-order valence-corrected chi connectivity index (χ3v) is 5.57. The van der Waals surface area contributed by atoms with Crippen molar-refractivity contribution in [2.75, 3.05) is 0 Å². The van der Waals surface area contributed by atoms with E-state index in [4.69, 9.17) is 0 Å². The van der Waals surface area contributed by atoms with Crippen molar-refractivity contribution in [1.29, 1.82) is 0 Å². The lowest BCUT2D eigenvalue weighted by Crippen LogP contribution is -2.24. The minimum atomic E-state index is -0.436. The second-order valence-corrected chi connectivity index (χ2v) is 7.50. The van der Waals surface area contributed by atoms with E-state index < -0.39 is 4.92 Å². The Morgan fingerprint density at radius 1 is 1.00 bits per heavy atom. The van der Waals surface area contributed by atoms with Crippen LogP contribution in [0.3, 0.4) is 0 Å². The van der Waals surface area contributed by atoms with E-state index in [0.717, 1.165) is 16.9 Å². The minimum Gasteiger partial charge on any atom is -0.317 e. The van der Waals surface area contributed by atoms with Gasteiger partial charge >= 0.3 is 0 Å². The van der Waals surface area contributed by atoms with E-state index in [1.54, 1.807) is 18.2 Å². The smallest absolute Gasteiger partial charge is 0.291 e. The van der Waals surface area contributed by atoms with Crippen LogP contribution in [0.1, 0.15) is 5.69 Å². The molecule has 5 rings (SSSR count). The van der Waals surface area contributed by atoms with Crippen LogP contribution < -0.4 is 10.1 Å². The second kappa shape index (κ2) is 7.05. The van der Waals surface area contributed by atoms with Crippen LogP contribution in [0.15, 0.2) is 77.7 Å². The van der Waals surface area contributed by atoms with Gasteiger partial charge in [0.1, 0.15) is 4.53 Å². The van der Waals surface area contributed by atoms with Crippen molar-refractivity contribution < 1.29 is 4.92 Å². The molecule has 2 aromatic carbocycles. The molecule has 0 saturated carbocycles. The maximum atomic E-state index is 12.8. The van der Waals surface area contributed by atoms with Gasteiger partial charge in [-0.15, -0.1) is 5.10 Å². The van der Waals surface area contributed by atoms with Crippen LogP contribution in [-0.2, 0) is 0 Å². The molecule has 3 heterocycles. The van der Waals surface area contributed by atoms with Crippen LogP contribution in [0.2, 0.25) is 0 Å². The Morgan fingerprint density at radius 2 is 1.77 bits per heavy atom. The zero-order valence-electron chi connectivity index (χ0n) is 15.4. The first kappa shape index (κ1) is 18.0. The zero-order valence-corrected chi connectivity index (χ0v) is 16.2. The highest BCUT2D eigenvalue weighted by Crippen LogP contribution is 2.19. The van der Waals surface area contributed by atoms with Crippen LogP contribution in [0.25, 0.3) is 28.1 Å². The molecule has 0 amide bonds. The number of aromatic nitrogens is 4. The molecule has 9 heteroatoms. The van der Waals surface area contributed by atoms with Gasteiger partial charge in [-0.05, 0) is 30.3 Å². The van der Waals surface area contributed by atoms with Gasteiger partial charge in [0.2, 0.25) is 4.96 Å². The van der Waals surface area contributed by atoms with Crippen molar-refractivity contribution in [3.05, 3.63) is 104 Å². The van der Waals surface area contributed by atoms with Crippen molar-refractivity contribution in [1.82, 2.24) is 19.2 Å². The molecule has 0 N–H and O–H groups in total. The average Bonchev–Trinajstić information content (AvgIpc) is 3.46. The Morgan fingerprint density at radius 3 is 2.47 bits per heavy atom. The number of rotatable bonds is 4. The van der Waals surface area contributed by atoms with Gasteiger partial charge in [-0.2, -0.15) is 9.50 Å². The Kier molecular flexibility index (Phi) is 4.22. The predicted octanol–water partition coefficient (Wildman–Crippen LogP) is 3.06. The van der Waals surface area contributed by atoms with Crippen molar-refractivity contribution in [2.24, 2.45) is 0 Å². The van der Waals surface area contributed by atoms with Gasteiger partial charge in [0.15, 0.2) is 5.82 Å². The van der Waals surface area contributed by atoms with Crippen molar-refractivity contribution >= 4 is 28.1 Å². The monoisotopic (exact) mass is 415 g/mol. The standard InChI is InChI=1S/C21H13N5O3S/c27-20-18(30-21-22-19(23-25(20)21)14-5-2-1-3-6-14)13-17-7-4-12-24(17)15-8-10-16(11-9-15)26(28)29/h1-13H. The number of non-ortho nitro benzene ring substituents is 1. The third-order valence-electron chi connectivity index (χ3n) is 4.61. The maximum Gasteiger partial charge on any atom is 0.291 e. The molecular weight excluding hydrogens is 402 g/mol. The highest BCUT2D eigenvalue weighted by atomic mass is 32.1. The summed E-state index contributed by atoms with van der Waals surface area (Å²) in [7, 11) is 0. The van der Waals surface area contributed by atoms with E-state index in [1.807, 2.05) is 53.2 Å². The van der Waals surface area contributed by atoms with Crippen LogP contribution in [0, 0.1) is 10.1 Å². The Hall–Kier alpha value is -4.11. The molecule has 0 aliphatic heterocycles. The summed E-state index contributed by atoms with van der Waals surface area (Å²) in [5.41, 5.74) is 2.17. The van der Waals surface area contributed by atoms with Crippen LogP contribution in [-0.4, -0.2) is 24.1 Å². The largest absolute Gasteiger partial charge is 0.317 e. The van der Waals surface area contributed by atoms with E-state index in [1.165, 1.54) is 28.0 Å². The summed E-state index contributed by atoms with van der Waals surface area (Å²) in [6, 6.07) is 19.5. The van der Waals surface area contributed by atoms with E-state index in [9.17, 15) is 14.9 Å². The maximum absolute atomic E-state index is 12.8. The molecule has 0 radical (unpaired) electrons. The van der Waals surface area contributed by atoms with Crippen LogP contribution in [0.5, 0.6) is 0 Å². The van der Waals surface area contributed by atoms with Gasteiger partial charge < -0.3 is 4.57 Å². The highest BCUT2D eigenvalue weighted by molar-refractivity contribution is 7.15. The zero-order chi connectivity index (χ0) is 20.7. The summed E-state index contributed by atoms with van der Waals surface area (Å²) in [4.78, 5) is 28.3. The van der Waals surface area contributed by atoms with Gasteiger partial charge in [0.25, 0.3) is 11.2 Å². The summed E-state index contributed by atoms with van der Waals surface area (Å²) in [6.45, 7) is 0. The molecule has 0 unspecified atom stereocenters. The number of fused-ring (bicyclic) bond motifs is 1. The molecular formula is C21H13N5O3S. The first-order chi connectivity index (χ1) is 14.6. The van der Waals surface area contributed by atoms with Gasteiger partial charge in [0.05, 0.1) is 4.92 Å². The van der Waals surface area contributed by atoms with Gasteiger partial charge in [0, 0.05) is 35.3 Å². The van der Waals surface area contributed by atoms with Crippen LogP contribution in [0.4, 0.5) is 5.69 Å². The molecule has 3 aromatic heterocycles. The first-order valence-corrected chi connectivity index (χ1v) is 9.81. The van der Waals surface area contributed by atoms with E-state index in [-0.39, 0.29) is 11.2 Å². The average molecular weight is 415 g/mol. The number of nitro groups is 1. The summed E-state index contributed by atoms with van der Waals surface area (Å²) in [5.74, 6) is 0.514. The highest BCUT2D eigenvalue weighted by Gasteiger charge is 2.12. The number of hydrogen-bond acceptors (Lipinski definition) is 6. The fourth-order valence-corrected chi connectivity index (χ4v) is 4.05. The number of nitro benzene ring substituents is 1. The van der Waals surface area contributed by atoms with Crippen LogP contribution >= 0.6 is 11.3 Å². The summed E-state index contributed by atoms with van der Waals surface area (Å²) >= 11 is 1.27. The normalized spacial score (nSPS) is 11.9. The summed E-state index contributed by atoms with van der Waals surface area (Å²) in [6.07, 6.45) is 3.61. The van der Waals surface area contributed by atoms with Crippen molar-refractivity contribution in [2.45, 2.75) is 0 Å². The molecule has 30 heavy (non-hydrogen) atoms. The Labute approximate surface area is 173 Å². The SMILES string of the molecule is O=c1c(=Cc2cccn2-c2ccc([N+](=O)[O-])cc2)sc2nc(-c3ccccc3)nn12. The lowest BCUT2D eigenvalue weighted by Gasteiger charge is -2.05. The Bertz CT molecular complexity index is 1480.